The van der Waals surface area contributed by atoms with Gasteiger partial charge in [-0.25, -0.2) is 4.31 Å². The van der Waals surface area contributed by atoms with Crippen molar-refractivity contribution in [3.63, 3.8) is 0 Å². The fourth-order valence-electron chi connectivity index (χ4n) is 1.84. The van der Waals surface area contributed by atoms with Crippen LogP contribution in [0.3, 0.4) is 0 Å². The minimum Gasteiger partial charge on any atom is -0.360 e. The van der Waals surface area contributed by atoms with Crippen LogP contribution >= 0.6 is 11.9 Å². The number of nitrogens with zero attached hydrogens (tertiary/aromatic N) is 2. The van der Waals surface area contributed by atoms with E-state index in [4.69, 9.17) is 4.52 Å². The molecule has 98 valence electrons. The Hall–Kier alpha value is -1.34. The molecular formula is C11H15N3O3S. The van der Waals surface area contributed by atoms with E-state index in [1.165, 1.54) is 11.9 Å². The van der Waals surface area contributed by atoms with E-state index in [0.29, 0.717) is 12.8 Å². The predicted molar refractivity (Wildman–Crippen MR) is 65.8 cm³/mol. The fraction of sp³-hybridized carbons (Fsp3) is 0.545. The molecule has 0 aliphatic carbocycles. The largest absolute Gasteiger partial charge is 0.360 e. The smallest absolute Gasteiger partial charge is 0.244 e. The first-order chi connectivity index (χ1) is 8.49. The third-order valence-corrected chi connectivity index (χ3v) is 4.16. The summed E-state index contributed by atoms with van der Waals surface area (Å²) in [6, 6.07) is -0.304. The van der Waals surface area contributed by atoms with Gasteiger partial charge in [-0.15, -0.1) is 0 Å². The van der Waals surface area contributed by atoms with Crippen LogP contribution < -0.4 is 5.32 Å². The zero-order valence-electron chi connectivity index (χ0n) is 10.5. The van der Waals surface area contributed by atoms with Gasteiger partial charge in [0.05, 0.1) is 16.6 Å². The number of piperidine rings is 1. The minimum atomic E-state index is -0.304. The number of carbonyl (C=O) groups is 2. The number of aryl methyl sites for hydroxylation is 2. The molecule has 1 saturated heterocycles. The molecule has 7 heteroatoms. The van der Waals surface area contributed by atoms with Gasteiger partial charge in [-0.2, -0.15) is 0 Å². The fourth-order valence-corrected chi connectivity index (χ4v) is 2.79. The zero-order valence-corrected chi connectivity index (χ0v) is 11.3. The van der Waals surface area contributed by atoms with Crippen molar-refractivity contribution in [1.82, 2.24) is 14.8 Å². The molecule has 1 aromatic heterocycles. The van der Waals surface area contributed by atoms with Gasteiger partial charge in [0.2, 0.25) is 11.8 Å². The first-order valence-electron chi connectivity index (χ1n) is 5.66. The molecule has 1 aliphatic rings. The van der Waals surface area contributed by atoms with E-state index < -0.39 is 0 Å². The number of carbonyl (C=O) groups excluding carboxylic acids is 2. The molecule has 18 heavy (non-hydrogen) atoms. The number of rotatable bonds is 3. The van der Waals surface area contributed by atoms with Crippen LogP contribution in [-0.2, 0) is 9.59 Å². The molecule has 1 aromatic rings. The number of hydrogen-bond acceptors (Lipinski definition) is 6. The molecule has 0 spiro atoms. The lowest BCUT2D eigenvalue weighted by molar-refractivity contribution is -0.135. The summed E-state index contributed by atoms with van der Waals surface area (Å²) in [5.74, 6) is 0.289. The number of imide groups is 1. The van der Waals surface area contributed by atoms with Gasteiger partial charge in [-0.05, 0) is 39.3 Å². The molecule has 0 bridgehead atoms. The Labute approximate surface area is 109 Å². The Kier molecular flexibility index (Phi) is 3.72. The minimum absolute atomic E-state index is 0.202. The summed E-state index contributed by atoms with van der Waals surface area (Å²) in [7, 11) is 1.83. The van der Waals surface area contributed by atoms with Gasteiger partial charge >= 0.3 is 0 Å². The van der Waals surface area contributed by atoms with Gasteiger partial charge in [0.25, 0.3) is 0 Å². The van der Waals surface area contributed by atoms with Crippen molar-refractivity contribution < 1.29 is 14.1 Å². The van der Waals surface area contributed by atoms with Crippen LogP contribution in [0, 0.1) is 13.8 Å². The normalized spacial score (nSPS) is 20.3. The molecule has 2 rings (SSSR count). The third kappa shape index (κ3) is 2.56. The second-order valence-electron chi connectivity index (χ2n) is 4.26. The van der Waals surface area contributed by atoms with E-state index in [-0.39, 0.29) is 17.9 Å². The third-order valence-electron chi connectivity index (χ3n) is 2.85. The van der Waals surface area contributed by atoms with Crippen molar-refractivity contribution in [2.24, 2.45) is 0 Å². The first kappa shape index (κ1) is 13.1. The van der Waals surface area contributed by atoms with Crippen molar-refractivity contribution >= 4 is 23.8 Å². The van der Waals surface area contributed by atoms with E-state index in [2.05, 4.69) is 10.5 Å². The standard InChI is InChI=1S/C11H15N3O3S/c1-6-10(7(2)17-13-6)18-14(3)8-4-5-9(15)12-11(8)16/h8H,4-5H2,1-3H3,(H,12,15,16). The van der Waals surface area contributed by atoms with Gasteiger partial charge in [-0.1, -0.05) is 5.16 Å². The molecule has 0 aromatic carbocycles. The van der Waals surface area contributed by atoms with Crippen molar-refractivity contribution in [2.75, 3.05) is 7.05 Å². The number of nitrogens with one attached hydrogen (secondary N) is 1. The quantitative estimate of drug-likeness (QED) is 0.652. The highest BCUT2D eigenvalue weighted by Gasteiger charge is 2.31. The molecular weight excluding hydrogens is 254 g/mol. The maximum absolute atomic E-state index is 11.7. The first-order valence-corrected chi connectivity index (χ1v) is 6.43. The number of amides is 2. The summed E-state index contributed by atoms with van der Waals surface area (Å²) in [6.07, 6.45) is 0.917. The van der Waals surface area contributed by atoms with Gasteiger partial charge in [-0.3, -0.25) is 14.9 Å². The highest BCUT2D eigenvalue weighted by atomic mass is 32.2. The number of aromatic nitrogens is 1. The average Bonchev–Trinajstić information content (AvgIpc) is 2.60. The molecule has 6 nitrogen and oxygen atoms in total. The Morgan fingerprint density at radius 2 is 2.17 bits per heavy atom. The van der Waals surface area contributed by atoms with Crippen molar-refractivity contribution in [2.45, 2.75) is 37.6 Å². The van der Waals surface area contributed by atoms with E-state index in [9.17, 15) is 9.59 Å². The van der Waals surface area contributed by atoms with Gasteiger partial charge < -0.3 is 4.52 Å². The topological polar surface area (TPSA) is 75.4 Å². The van der Waals surface area contributed by atoms with Crippen LogP contribution in [-0.4, -0.2) is 34.4 Å². The van der Waals surface area contributed by atoms with Crippen LogP contribution in [0.25, 0.3) is 0 Å². The van der Waals surface area contributed by atoms with Crippen LogP contribution in [0.4, 0.5) is 0 Å². The van der Waals surface area contributed by atoms with E-state index in [1.54, 1.807) is 0 Å². The SMILES string of the molecule is Cc1noc(C)c1SN(C)C1CCC(=O)NC1=O. The van der Waals surface area contributed by atoms with Crippen LogP contribution in [0.5, 0.6) is 0 Å². The Morgan fingerprint density at radius 1 is 1.44 bits per heavy atom. The second kappa shape index (κ2) is 5.11. The summed E-state index contributed by atoms with van der Waals surface area (Å²) >= 11 is 1.42. The Bertz CT molecular complexity index is 466. The van der Waals surface area contributed by atoms with Crippen LogP contribution in [0.2, 0.25) is 0 Å². The summed E-state index contributed by atoms with van der Waals surface area (Å²) in [6.45, 7) is 3.69. The van der Waals surface area contributed by atoms with E-state index >= 15 is 0 Å². The lowest BCUT2D eigenvalue weighted by atomic mass is 10.1. The summed E-state index contributed by atoms with van der Waals surface area (Å²) in [4.78, 5) is 23.7. The monoisotopic (exact) mass is 269 g/mol. The summed E-state index contributed by atoms with van der Waals surface area (Å²) < 4.78 is 6.92. The van der Waals surface area contributed by atoms with Gasteiger partial charge in [0.1, 0.15) is 5.76 Å². The van der Waals surface area contributed by atoms with Crippen molar-refractivity contribution in [3.05, 3.63) is 11.5 Å². The lowest BCUT2D eigenvalue weighted by Gasteiger charge is -2.28. The molecule has 0 saturated carbocycles. The molecule has 1 fully saturated rings. The highest BCUT2D eigenvalue weighted by Crippen LogP contribution is 2.30. The maximum Gasteiger partial charge on any atom is 0.244 e. The Balaban J connectivity index is 2.06. The van der Waals surface area contributed by atoms with E-state index in [0.717, 1.165) is 16.3 Å². The van der Waals surface area contributed by atoms with Crippen molar-refractivity contribution in [3.8, 4) is 0 Å². The zero-order chi connectivity index (χ0) is 13.3. The summed E-state index contributed by atoms with van der Waals surface area (Å²) in [5, 5.41) is 6.22. The van der Waals surface area contributed by atoms with Crippen LogP contribution in [0.1, 0.15) is 24.3 Å². The molecule has 1 aliphatic heterocycles. The average molecular weight is 269 g/mol. The van der Waals surface area contributed by atoms with Crippen LogP contribution in [0.15, 0.2) is 9.42 Å². The van der Waals surface area contributed by atoms with Crippen molar-refractivity contribution in [1.29, 1.82) is 0 Å². The maximum atomic E-state index is 11.7. The number of likely N-dealkylation sites (N-methyl/N-ethyl adjacent to an activating group) is 1. The molecule has 0 radical (unpaired) electrons. The Morgan fingerprint density at radius 3 is 2.72 bits per heavy atom. The second-order valence-corrected chi connectivity index (χ2v) is 5.42. The van der Waals surface area contributed by atoms with Gasteiger partial charge in [0.15, 0.2) is 0 Å². The number of hydrogen-bond donors (Lipinski definition) is 1. The summed E-state index contributed by atoms with van der Waals surface area (Å²) in [5.41, 5.74) is 0.802. The molecule has 1 N–H and O–H groups in total. The molecule has 2 heterocycles. The molecule has 1 atom stereocenters. The lowest BCUT2D eigenvalue weighted by Crippen LogP contribution is -2.49. The molecule has 1 unspecified atom stereocenters. The van der Waals surface area contributed by atoms with E-state index in [1.807, 2.05) is 25.2 Å². The predicted octanol–water partition coefficient (Wildman–Crippen LogP) is 1.04. The molecule has 2 amide bonds. The highest BCUT2D eigenvalue weighted by molar-refractivity contribution is 7.97. The van der Waals surface area contributed by atoms with Gasteiger partial charge in [0, 0.05) is 6.42 Å².